The SMILES string of the molecule is COc1ccc2nc(CCCl)n(CC(C)N(C)C)c2c1. The van der Waals surface area contributed by atoms with E-state index in [0.717, 1.165) is 35.6 Å². The van der Waals surface area contributed by atoms with Gasteiger partial charge in [-0.15, -0.1) is 11.6 Å². The first-order valence-electron chi connectivity index (χ1n) is 6.82. The summed E-state index contributed by atoms with van der Waals surface area (Å²) in [5, 5.41) is 0. The summed E-state index contributed by atoms with van der Waals surface area (Å²) in [5.41, 5.74) is 2.11. The van der Waals surface area contributed by atoms with Crippen LogP contribution in [-0.4, -0.2) is 47.6 Å². The van der Waals surface area contributed by atoms with E-state index in [1.165, 1.54) is 0 Å². The minimum Gasteiger partial charge on any atom is -0.497 e. The molecule has 5 heteroatoms. The number of halogens is 1. The Kier molecular flexibility index (Phi) is 4.89. The Bertz CT molecular complexity index is 580. The van der Waals surface area contributed by atoms with Crippen molar-refractivity contribution in [2.45, 2.75) is 25.9 Å². The van der Waals surface area contributed by atoms with Gasteiger partial charge < -0.3 is 14.2 Å². The smallest absolute Gasteiger partial charge is 0.121 e. The summed E-state index contributed by atoms with van der Waals surface area (Å²) in [6.07, 6.45) is 0.776. The molecule has 2 aromatic rings. The standard InChI is InChI=1S/C15H22ClN3O/c1-11(18(2)3)10-19-14-9-12(20-4)5-6-13(14)17-15(19)7-8-16/h5-6,9,11H,7-8,10H2,1-4H3. The molecule has 0 amide bonds. The Morgan fingerprint density at radius 1 is 1.40 bits per heavy atom. The number of aryl methyl sites for hydroxylation is 1. The second kappa shape index (κ2) is 6.46. The highest BCUT2D eigenvalue weighted by Crippen LogP contribution is 2.23. The van der Waals surface area contributed by atoms with Crippen molar-refractivity contribution in [1.82, 2.24) is 14.5 Å². The lowest BCUT2D eigenvalue weighted by molar-refractivity contribution is 0.284. The molecule has 0 N–H and O–H groups in total. The number of aromatic nitrogens is 2. The molecule has 1 aromatic carbocycles. The number of ether oxygens (including phenoxy) is 1. The Morgan fingerprint density at radius 2 is 2.15 bits per heavy atom. The first kappa shape index (κ1) is 15.1. The quantitative estimate of drug-likeness (QED) is 0.768. The third-order valence-corrected chi connectivity index (χ3v) is 3.87. The van der Waals surface area contributed by atoms with E-state index < -0.39 is 0 Å². The number of alkyl halides is 1. The van der Waals surface area contributed by atoms with E-state index in [9.17, 15) is 0 Å². The van der Waals surface area contributed by atoms with Crippen molar-refractivity contribution in [1.29, 1.82) is 0 Å². The number of fused-ring (bicyclic) bond motifs is 1. The minimum absolute atomic E-state index is 0.424. The number of benzene rings is 1. The molecule has 1 atom stereocenters. The fourth-order valence-electron chi connectivity index (χ4n) is 2.19. The second-order valence-corrected chi connectivity index (χ2v) is 5.62. The predicted octanol–water partition coefficient (Wildman–Crippen LogP) is 2.78. The molecule has 0 saturated carbocycles. The molecule has 1 unspecified atom stereocenters. The van der Waals surface area contributed by atoms with Crippen LogP contribution in [0.1, 0.15) is 12.7 Å². The monoisotopic (exact) mass is 295 g/mol. The third kappa shape index (κ3) is 3.07. The molecular weight excluding hydrogens is 274 g/mol. The summed E-state index contributed by atoms with van der Waals surface area (Å²) in [6, 6.07) is 6.41. The Labute approximate surface area is 125 Å². The molecule has 0 spiro atoms. The van der Waals surface area contributed by atoms with Crippen molar-refractivity contribution in [2.24, 2.45) is 0 Å². The lowest BCUT2D eigenvalue weighted by Crippen LogP contribution is -2.29. The summed E-state index contributed by atoms with van der Waals surface area (Å²) in [5.74, 6) is 2.47. The topological polar surface area (TPSA) is 30.3 Å². The van der Waals surface area contributed by atoms with E-state index in [0.29, 0.717) is 11.9 Å². The van der Waals surface area contributed by atoms with Gasteiger partial charge in [-0.25, -0.2) is 4.98 Å². The zero-order valence-corrected chi connectivity index (χ0v) is 13.3. The number of hydrogen-bond acceptors (Lipinski definition) is 3. The summed E-state index contributed by atoms with van der Waals surface area (Å²) < 4.78 is 7.58. The Morgan fingerprint density at radius 3 is 2.75 bits per heavy atom. The van der Waals surface area contributed by atoms with Crippen LogP contribution < -0.4 is 4.74 Å². The molecule has 0 aliphatic heterocycles. The summed E-state index contributed by atoms with van der Waals surface area (Å²) in [4.78, 5) is 6.90. The number of methoxy groups -OCH3 is 1. The number of rotatable bonds is 6. The minimum atomic E-state index is 0.424. The van der Waals surface area contributed by atoms with E-state index in [1.807, 2.05) is 18.2 Å². The van der Waals surface area contributed by atoms with Crippen molar-refractivity contribution in [2.75, 3.05) is 27.1 Å². The molecule has 0 aliphatic rings. The van der Waals surface area contributed by atoms with Crippen molar-refractivity contribution in [3.8, 4) is 5.75 Å². The van der Waals surface area contributed by atoms with Gasteiger partial charge in [0, 0.05) is 31.0 Å². The molecule has 0 saturated heterocycles. The van der Waals surface area contributed by atoms with E-state index in [1.54, 1.807) is 7.11 Å². The first-order chi connectivity index (χ1) is 9.56. The van der Waals surface area contributed by atoms with Crippen LogP contribution in [0, 0.1) is 0 Å². The van der Waals surface area contributed by atoms with Crippen molar-refractivity contribution >= 4 is 22.6 Å². The average molecular weight is 296 g/mol. The highest BCUT2D eigenvalue weighted by atomic mass is 35.5. The van der Waals surface area contributed by atoms with E-state index in [2.05, 4.69) is 30.5 Å². The van der Waals surface area contributed by atoms with Gasteiger partial charge in [-0.1, -0.05) is 0 Å². The largest absolute Gasteiger partial charge is 0.497 e. The van der Waals surface area contributed by atoms with Crippen LogP contribution in [0.3, 0.4) is 0 Å². The maximum Gasteiger partial charge on any atom is 0.121 e. The predicted molar refractivity (Wildman–Crippen MR) is 83.9 cm³/mol. The molecule has 2 rings (SSSR count). The molecule has 0 aliphatic carbocycles. The van der Waals surface area contributed by atoms with Gasteiger partial charge in [0.25, 0.3) is 0 Å². The zero-order chi connectivity index (χ0) is 14.7. The van der Waals surface area contributed by atoms with Crippen LogP contribution in [0.25, 0.3) is 11.0 Å². The van der Waals surface area contributed by atoms with Gasteiger partial charge in [0.2, 0.25) is 0 Å². The van der Waals surface area contributed by atoms with E-state index >= 15 is 0 Å². The first-order valence-corrected chi connectivity index (χ1v) is 7.35. The lowest BCUT2D eigenvalue weighted by atomic mass is 10.2. The van der Waals surface area contributed by atoms with Crippen molar-refractivity contribution < 1.29 is 4.74 Å². The second-order valence-electron chi connectivity index (χ2n) is 5.24. The van der Waals surface area contributed by atoms with Gasteiger partial charge in [-0.05, 0) is 33.2 Å². The number of likely N-dealkylation sites (N-methyl/N-ethyl adjacent to an activating group) is 1. The van der Waals surface area contributed by atoms with Crippen LogP contribution in [0.2, 0.25) is 0 Å². The van der Waals surface area contributed by atoms with Gasteiger partial charge >= 0.3 is 0 Å². The Balaban J connectivity index is 2.48. The van der Waals surface area contributed by atoms with Crippen LogP contribution >= 0.6 is 11.6 Å². The van der Waals surface area contributed by atoms with Crippen LogP contribution in [-0.2, 0) is 13.0 Å². The van der Waals surface area contributed by atoms with Gasteiger partial charge in [-0.2, -0.15) is 0 Å². The Hall–Kier alpha value is -1.26. The molecule has 4 nitrogen and oxygen atoms in total. The average Bonchev–Trinajstić information content (AvgIpc) is 2.76. The third-order valence-electron chi connectivity index (χ3n) is 3.68. The van der Waals surface area contributed by atoms with Crippen molar-refractivity contribution in [3.05, 3.63) is 24.0 Å². The maximum absolute atomic E-state index is 5.90. The van der Waals surface area contributed by atoms with E-state index in [-0.39, 0.29) is 0 Å². The van der Waals surface area contributed by atoms with Crippen LogP contribution in [0.4, 0.5) is 0 Å². The number of hydrogen-bond donors (Lipinski definition) is 0. The zero-order valence-electron chi connectivity index (χ0n) is 12.6. The summed E-state index contributed by atoms with van der Waals surface area (Å²) in [7, 11) is 5.86. The molecule has 0 bridgehead atoms. The number of nitrogens with zero attached hydrogens (tertiary/aromatic N) is 3. The van der Waals surface area contributed by atoms with Crippen molar-refractivity contribution in [3.63, 3.8) is 0 Å². The molecule has 20 heavy (non-hydrogen) atoms. The molecule has 110 valence electrons. The molecule has 0 radical (unpaired) electrons. The maximum atomic E-state index is 5.90. The van der Waals surface area contributed by atoms with Gasteiger partial charge in [0.05, 0.1) is 18.1 Å². The van der Waals surface area contributed by atoms with Crippen LogP contribution in [0.15, 0.2) is 18.2 Å². The molecule has 0 fully saturated rings. The summed E-state index contributed by atoms with van der Waals surface area (Å²) >= 11 is 5.90. The highest BCUT2D eigenvalue weighted by molar-refractivity contribution is 6.17. The van der Waals surface area contributed by atoms with Gasteiger partial charge in [0.15, 0.2) is 0 Å². The lowest BCUT2D eigenvalue weighted by Gasteiger charge is -2.21. The molecule has 1 aromatic heterocycles. The molecular formula is C15H22ClN3O. The van der Waals surface area contributed by atoms with Gasteiger partial charge in [-0.3, -0.25) is 0 Å². The highest BCUT2D eigenvalue weighted by Gasteiger charge is 2.14. The van der Waals surface area contributed by atoms with Gasteiger partial charge in [0.1, 0.15) is 11.6 Å². The van der Waals surface area contributed by atoms with E-state index in [4.69, 9.17) is 21.3 Å². The molecule has 1 heterocycles. The van der Waals surface area contributed by atoms with Crippen LogP contribution in [0.5, 0.6) is 5.75 Å². The fraction of sp³-hybridized carbons (Fsp3) is 0.533. The summed E-state index contributed by atoms with van der Waals surface area (Å²) in [6.45, 7) is 3.10. The normalized spacial score (nSPS) is 13.1. The fourth-order valence-corrected chi connectivity index (χ4v) is 2.36. The number of imidazole rings is 1.